The predicted molar refractivity (Wildman–Crippen MR) is 152 cm³/mol. The lowest BCUT2D eigenvalue weighted by Gasteiger charge is -2.36. The number of anilines is 1. The third kappa shape index (κ3) is 4.00. The van der Waals surface area contributed by atoms with Crippen LogP contribution in [0.3, 0.4) is 0 Å². The first-order valence-electron chi connectivity index (χ1n) is 13.5. The maximum Gasteiger partial charge on any atom is 0.332 e. The summed E-state index contributed by atoms with van der Waals surface area (Å²) >= 11 is 0. The topological polar surface area (TPSA) is 85.5 Å². The highest BCUT2D eigenvalue weighted by atomic mass is 16.2. The number of carbonyl (C=O) groups excluding carboxylic acids is 3. The van der Waals surface area contributed by atoms with Gasteiger partial charge in [0.15, 0.2) is 0 Å². The second-order valence-corrected chi connectivity index (χ2v) is 11.0. The maximum absolute atomic E-state index is 14.2. The van der Waals surface area contributed by atoms with E-state index < -0.39 is 18.1 Å². The van der Waals surface area contributed by atoms with Gasteiger partial charge in [0.2, 0.25) is 0 Å². The number of aromatic nitrogens is 1. The number of benzene rings is 3. The van der Waals surface area contributed by atoms with Crippen LogP contribution in [0, 0.1) is 0 Å². The van der Waals surface area contributed by atoms with Gasteiger partial charge in [-0.1, -0.05) is 68.4 Å². The number of nitrogens with zero attached hydrogens (tertiary/aromatic N) is 2. The highest BCUT2D eigenvalue weighted by Gasteiger charge is 2.53. The molecule has 2 atom stereocenters. The highest BCUT2D eigenvalue weighted by molar-refractivity contribution is 6.24. The molecule has 0 bridgehead atoms. The van der Waals surface area contributed by atoms with Crippen molar-refractivity contribution in [2.75, 3.05) is 4.90 Å². The predicted octanol–water partition coefficient (Wildman–Crippen LogP) is 5.91. The van der Waals surface area contributed by atoms with Crippen LogP contribution in [0.25, 0.3) is 10.9 Å². The first-order chi connectivity index (χ1) is 18.8. The van der Waals surface area contributed by atoms with Gasteiger partial charge in [-0.25, -0.2) is 9.69 Å². The van der Waals surface area contributed by atoms with Gasteiger partial charge >= 0.3 is 6.03 Å². The molecule has 7 heteroatoms. The van der Waals surface area contributed by atoms with Crippen LogP contribution >= 0.6 is 0 Å². The number of rotatable bonds is 5. The van der Waals surface area contributed by atoms with Crippen molar-refractivity contribution in [2.24, 2.45) is 0 Å². The zero-order chi connectivity index (χ0) is 27.4. The Morgan fingerprint density at radius 1 is 0.923 bits per heavy atom. The molecule has 4 amide bonds. The van der Waals surface area contributed by atoms with Gasteiger partial charge in [-0.15, -0.1) is 0 Å². The van der Waals surface area contributed by atoms with E-state index >= 15 is 0 Å². The molecule has 7 nitrogen and oxygen atoms in total. The Balaban J connectivity index is 1.49. The van der Waals surface area contributed by atoms with Crippen LogP contribution in [-0.4, -0.2) is 39.8 Å². The fraction of sp³-hybridized carbons (Fsp3) is 0.281. The van der Waals surface area contributed by atoms with E-state index in [4.69, 9.17) is 0 Å². The fourth-order valence-corrected chi connectivity index (χ4v) is 5.91. The summed E-state index contributed by atoms with van der Waals surface area (Å²) in [6.45, 7) is 8.05. The molecule has 3 heterocycles. The zero-order valence-corrected chi connectivity index (χ0v) is 22.6. The molecule has 39 heavy (non-hydrogen) atoms. The molecule has 6 rings (SSSR count). The number of nitrogens with one attached hydrogen (secondary N) is 2. The zero-order valence-electron chi connectivity index (χ0n) is 22.6. The van der Waals surface area contributed by atoms with Gasteiger partial charge in [0, 0.05) is 29.1 Å². The summed E-state index contributed by atoms with van der Waals surface area (Å²) in [7, 11) is 0. The van der Waals surface area contributed by atoms with Gasteiger partial charge in [0.25, 0.3) is 11.8 Å². The van der Waals surface area contributed by atoms with E-state index in [1.807, 2.05) is 32.0 Å². The molecule has 2 aliphatic heterocycles. The van der Waals surface area contributed by atoms with E-state index in [2.05, 4.69) is 54.5 Å². The van der Waals surface area contributed by atoms with E-state index in [0.717, 1.165) is 27.7 Å². The SMILES string of the molecule is CC(C)NC(=O)c1ccccc1N1C(=O)[C@@H]2Cc3c([nH]c4ccccc34)[C@@H](c3ccc(C(C)C)cc3)N2C1=O. The van der Waals surface area contributed by atoms with Crippen molar-refractivity contribution in [2.45, 2.75) is 58.2 Å². The van der Waals surface area contributed by atoms with Gasteiger partial charge in [-0.3, -0.25) is 14.5 Å². The summed E-state index contributed by atoms with van der Waals surface area (Å²) in [5, 5.41) is 3.95. The molecule has 4 aromatic rings. The van der Waals surface area contributed by atoms with Gasteiger partial charge in [0.1, 0.15) is 12.1 Å². The van der Waals surface area contributed by atoms with Crippen molar-refractivity contribution < 1.29 is 14.4 Å². The number of aromatic amines is 1. The number of hydrogen-bond acceptors (Lipinski definition) is 3. The van der Waals surface area contributed by atoms with Crippen molar-refractivity contribution >= 4 is 34.4 Å². The Labute approximate surface area is 227 Å². The molecule has 0 radical (unpaired) electrons. The monoisotopic (exact) mass is 520 g/mol. The minimum absolute atomic E-state index is 0.0848. The quantitative estimate of drug-likeness (QED) is 0.321. The summed E-state index contributed by atoms with van der Waals surface area (Å²) in [5.41, 5.74) is 5.72. The number of para-hydroxylation sites is 2. The van der Waals surface area contributed by atoms with Crippen LogP contribution in [0.4, 0.5) is 10.5 Å². The Morgan fingerprint density at radius 2 is 1.62 bits per heavy atom. The molecule has 0 spiro atoms. The normalized spacial score (nSPS) is 18.7. The molecule has 1 aromatic heterocycles. The summed E-state index contributed by atoms with van der Waals surface area (Å²) in [6, 6.07) is 21.5. The molecular weight excluding hydrogens is 488 g/mol. The second kappa shape index (κ2) is 9.42. The van der Waals surface area contributed by atoms with Crippen LogP contribution in [0.5, 0.6) is 0 Å². The third-order valence-corrected chi connectivity index (χ3v) is 7.78. The molecule has 198 valence electrons. The second-order valence-electron chi connectivity index (χ2n) is 11.0. The summed E-state index contributed by atoms with van der Waals surface area (Å²) in [4.78, 5) is 47.8. The van der Waals surface area contributed by atoms with Crippen LogP contribution in [0.2, 0.25) is 0 Å². The van der Waals surface area contributed by atoms with Crippen molar-refractivity contribution in [3.8, 4) is 0 Å². The van der Waals surface area contributed by atoms with E-state index in [1.165, 1.54) is 10.5 Å². The summed E-state index contributed by atoms with van der Waals surface area (Å²) < 4.78 is 0. The maximum atomic E-state index is 14.2. The van der Waals surface area contributed by atoms with Crippen LogP contribution < -0.4 is 10.2 Å². The van der Waals surface area contributed by atoms with E-state index in [1.54, 1.807) is 29.2 Å². The van der Waals surface area contributed by atoms with Crippen molar-refractivity contribution in [3.05, 3.63) is 101 Å². The average molecular weight is 521 g/mol. The molecule has 2 aliphatic rings. The number of H-pyrrole nitrogens is 1. The molecule has 2 N–H and O–H groups in total. The minimum Gasteiger partial charge on any atom is -0.356 e. The molecule has 1 saturated heterocycles. The first kappa shape index (κ1) is 24.9. The van der Waals surface area contributed by atoms with Crippen molar-refractivity contribution in [3.63, 3.8) is 0 Å². The number of urea groups is 1. The lowest BCUT2D eigenvalue weighted by Crippen LogP contribution is -2.44. The summed E-state index contributed by atoms with van der Waals surface area (Å²) in [5.74, 6) is -0.256. The fourth-order valence-electron chi connectivity index (χ4n) is 5.91. The lowest BCUT2D eigenvalue weighted by molar-refractivity contribution is -0.120. The average Bonchev–Trinajstić information content (AvgIpc) is 3.41. The smallest absolute Gasteiger partial charge is 0.332 e. The molecule has 0 aliphatic carbocycles. The molecule has 3 aromatic carbocycles. The van der Waals surface area contributed by atoms with Crippen molar-refractivity contribution in [1.82, 2.24) is 15.2 Å². The van der Waals surface area contributed by atoms with Gasteiger partial charge in [-0.05, 0) is 54.7 Å². The van der Waals surface area contributed by atoms with Crippen LogP contribution in [0.1, 0.15) is 72.4 Å². The Morgan fingerprint density at radius 3 is 2.33 bits per heavy atom. The summed E-state index contributed by atoms with van der Waals surface area (Å²) in [6.07, 6.45) is 0.404. The van der Waals surface area contributed by atoms with Gasteiger partial charge < -0.3 is 10.3 Å². The standard InChI is InChI=1S/C32H32N4O3/c1-18(2)20-13-15-21(16-14-20)29-28-24(22-9-5-7-11-25(22)34-28)17-27-31(38)36(32(39)35(27)29)26-12-8-6-10-23(26)30(37)33-19(3)4/h5-16,18-19,27,29,34H,17H2,1-4H3,(H,33,37)/t27-,29+/m0/s1. The van der Waals surface area contributed by atoms with Gasteiger partial charge in [0.05, 0.1) is 11.3 Å². The molecule has 0 saturated carbocycles. The largest absolute Gasteiger partial charge is 0.356 e. The number of amides is 4. The first-order valence-corrected chi connectivity index (χ1v) is 13.5. The Hall–Kier alpha value is -4.39. The third-order valence-electron chi connectivity index (χ3n) is 7.78. The van der Waals surface area contributed by atoms with Crippen LogP contribution in [-0.2, 0) is 11.2 Å². The Kier molecular flexibility index (Phi) is 6.02. The number of imide groups is 1. The van der Waals surface area contributed by atoms with E-state index in [0.29, 0.717) is 23.6 Å². The molecule has 1 fully saturated rings. The highest BCUT2D eigenvalue weighted by Crippen LogP contribution is 2.45. The van der Waals surface area contributed by atoms with E-state index in [9.17, 15) is 14.4 Å². The number of hydrogen-bond donors (Lipinski definition) is 2. The number of fused-ring (bicyclic) bond motifs is 4. The van der Waals surface area contributed by atoms with Crippen molar-refractivity contribution in [1.29, 1.82) is 0 Å². The van der Waals surface area contributed by atoms with Gasteiger partial charge in [-0.2, -0.15) is 0 Å². The lowest BCUT2D eigenvalue weighted by atomic mass is 9.88. The Bertz CT molecular complexity index is 1600. The number of carbonyl (C=O) groups is 3. The molecule has 0 unspecified atom stereocenters. The minimum atomic E-state index is -0.680. The van der Waals surface area contributed by atoms with E-state index in [-0.39, 0.29) is 17.9 Å². The molecular formula is C32H32N4O3. The van der Waals surface area contributed by atoms with Crippen LogP contribution in [0.15, 0.2) is 72.8 Å².